The standard InChI is InChI=1S/C5H10OS/c1-4(6)5(2,3)7/h7H,1-3H3. The van der Waals surface area contributed by atoms with E-state index in [1.54, 1.807) is 13.8 Å². The second kappa shape index (κ2) is 1.86. The summed E-state index contributed by atoms with van der Waals surface area (Å²) in [6, 6.07) is 0. The van der Waals surface area contributed by atoms with Crippen LogP contribution in [0.3, 0.4) is 0 Å². The Morgan fingerprint density at radius 2 is 1.71 bits per heavy atom. The number of ketones is 1. The molecule has 7 heavy (non-hydrogen) atoms. The molecule has 0 N–H and O–H groups in total. The number of carbonyl (C=O) groups excluding carboxylic acids is 1. The van der Waals surface area contributed by atoms with Gasteiger partial charge < -0.3 is 0 Å². The summed E-state index contributed by atoms with van der Waals surface area (Å²) < 4.78 is -0.444. The van der Waals surface area contributed by atoms with E-state index in [9.17, 15) is 4.79 Å². The lowest BCUT2D eigenvalue weighted by Gasteiger charge is -2.10. The molecule has 0 aromatic heterocycles. The molecule has 0 aliphatic carbocycles. The van der Waals surface area contributed by atoms with Crippen molar-refractivity contribution in [1.29, 1.82) is 0 Å². The van der Waals surface area contributed by atoms with Crippen LogP contribution in [0.5, 0.6) is 0 Å². The molecule has 0 aliphatic rings. The number of thiol groups is 1. The Kier molecular flexibility index (Phi) is 1.87. The summed E-state index contributed by atoms with van der Waals surface area (Å²) in [5.41, 5.74) is 0. The maximum absolute atomic E-state index is 10.4. The number of hydrogen-bond donors (Lipinski definition) is 1. The van der Waals surface area contributed by atoms with Gasteiger partial charge in [0.15, 0.2) is 0 Å². The Morgan fingerprint density at radius 1 is 1.57 bits per heavy atom. The van der Waals surface area contributed by atoms with Gasteiger partial charge in [-0.2, -0.15) is 12.6 Å². The number of Topliss-reactive ketones (excluding diaryl/α,β-unsaturated/α-hetero) is 1. The smallest absolute Gasteiger partial charge is 0.144 e. The first kappa shape index (κ1) is 7.02. The van der Waals surface area contributed by atoms with Crippen LogP contribution in [0.2, 0.25) is 0 Å². The number of rotatable bonds is 1. The van der Waals surface area contributed by atoms with Crippen molar-refractivity contribution < 1.29 is 4.79 Å². The molecule has 0 bridgehead atoms. The Hall–Kier alpha value is 0.0200. The van der Waals surface area contributed by atoms with Crippen LogP contribution in [0.1, 0.15) is 20.8 Å². The topological polar surface area (TPSA) is 17.1 Å². The van der Waals surface area contributed by atoms with Gasteiger partial charge in [0.2, 0.25) is 0 Å². The van der Waals surface area contributed by atoms with E-state index in [-0.39, 0.29) is 5.78 Å². The summed E-state index contributed by atoms with van der Waals surface area (Å²) in [5, 5.41) is 0. The summed E-state index contributed by atoms with van der Waals surface area (Å²) in [6.07, 6.45) is 0. The predicted octanol–water partition coefficient (Wildman–Crippen LogP) is 1.28. The highest BCUT2D eigenvalue weighted by molar-refractivity contribution is 7.82. The Labute approximate surface area is 49.5 Å². The maximum Gasteiger partial charge on any atom is 0.144 e. The minimum Gasteiger partial charge on any atom is -0.298 e. The molecule has 1 nitrogen and oxygen atoms in total. The Bertz CT molecular complexity index is 80.6. The largest absolute Gasteiger partial charge is 0.298 e. The second-order valence-corrected chi connectivity index (χ2v) is 3.23. The first-order chi connectivity index (χ1) is 2.94. The molecule has 0 radical (unpaired) electrons. The fourth-order valence-corrected chi connectivity index (χ4v) is 0. The van der Waals surface area contributed by atoms with Gasteiger partial charge in [-0.25, -0.2) is 0 Å². The van der Waals surface area contributed by atoms with Crippen molar-refractivity contribution in [2.45, 2.75) is 25.5 Å². The fraction of sp³-hybridized carbons (Fsp3) is 0.800. The van der Waals surface area contributed by atoms with E-state index in [4.69, 9.17) is 0 Å². The zero-order valence-electron chi connectivity index (χ0n) is 4.86. The Balaban J connectivity index is 3.79. The molecule has 0 unspecified atom stereocenters. The lowest BCUT2D eigenvalue weighted by atomic mass is 10.1. The van der Waals surface area contributed by atoms with E-state index < -0.39 is 4.75 Å². The van der Waals surface area contributed by atoms with Gasteiger partial charge >= 0.3 is 0 Å². The highest BCUT2D eigenvalue weighted by Gasteiger charge is 2.16. The molecule has 0 heterocycles. The van der Waals surface area contributed by atoms with Crippen molar-refractivity contribution in [2.75, 3.05) is 0 Å². The van der Waals surface area contributed by atoms with Gasteiger partial charge in [-0.3, -0.25) is 4.79 Å². The van der Waals surface area contributed by atoms with Crippen LogP contribution >= 0.6 is 12.6 Å². The van der Waals surface area contributed by atoms with Crippen LogP contribution in [-0.4, -0.2) is 10.5 Å². The monoisotopic (exact) mass is 118 g/mol. The normalized spacial score (nSPS) is 11.4. The van der Waals surface area contributed by atoms with E-state index in [1.165, 1.54) is 6.92 Å². The van der Waals surface area contributed by atoms with Gasteiger partial charge in [0.1, 0.15) is 5.78 Å². The first-order valence-corrected chi connectivity index (χ1v) is 2.62. The van der Waals surface area contributed by atoms with Gasteiger partial charge in [-0.1, -0.05) is 0 Å². The minimum absolute atomic E-state index is 0.107. The molecule has 0 saturated heterocycles. The molecule has 0 aromatic carbocycles. The van der Waals surface area contributed by atoms with E-state index in [0.717, 1.165) is 0 Å². The molecule has 0 aromatic rings. The van der Waals surface area contributed by atoms with Crippen LogP contribution < -0.4 is 0 Å². The average Bonchev–Trinajstić information content (AvgIpc) is 1.31. The van der Waals surface area contributed by atoms with E-state index in [0.29, 0.717) is 0 Å². The lowest BCUT2D eigenvalue weighted by Crippen LogP contribution is -2.20. The van der Waals surface area contributed by atoms with Crippen molar-refractivity contribution in [1.82, 2.24) is 0 Å². The summed E-state index contributed by atoms with van der Waals surface area (Å²) >= 11 is 4.00. The number of carbonyl (C=O) groups is 1. The van der Waals surface area contributed by atoms with Crippen molar-refractivity contribution in [3.63, 3.8) is 0 Å². The van der Waals surface area contributed by atoms with Crippen molar-refractivity contribution >= 4 is 18.4 Å². The van der Waals surface area contributed by atoms with Crippen LogP contribution in [0.15, 0.2) is 0 Å². The third-order valence-corrected chi connectivity index (χ3v) is 1.18. The van der Waals surface area contributed by atoms with Gasteiger partial charge in [0.25, 0.3) is 0 Å². The molecule has 0 spiro atoms. The van der Waals surface area contributed by atoms with E-state index in [1.807, 2.05) is 0 Å². The molecule has 0 rings (SSSR count). The van der Waals surface area contributed by atoms with Gasteiger partial charge in [0.05, 0.1) is 4.75 Å². The molecular formula is C5H10OS. The third-order valence-electron chi connectivity index (χ3n) is 0.862. The van der Waals surface area contributed by atoms with Crippen LogP contribution in [0.4, 0.5) is 0 Å². The first-order valence-electron chi connectivity index (χ1n) is 2.18. The van der Waals surface area contributed by atoms with E-state index >= 15 is 0 Å². The molecule has 42 valence electrons. The highest BCUT2D eigenvalue weighted by atomic mass is 32.1. The molecule has 2 heteroatoms. The van der Waals surface area contributed by atoms with Crippen molar-refractivity contribution in [2.24, 2.45) is 0 Å². The van der Waals surface area contributed by atoms with Crippen LogP contribution in [0.25, 0.3) is 0 Å². The number of hydrogen-bond acceptors (Lipinski definition) is 2. The fourth-order valence-electron chi connectivity index (χ4n) is 0. The zero-order chi connectivity index (χ0) is 6.08. The quantitative estimate of drug-likeness (QED) is 0.513. The summed E-state index contributed by atoms with van der Waals surface area (Å²) in [4.78, 5) is 10.4. The molecular weight excluding hydrogens is 108 g/mol. The molecule has 0 fully saturated rings. The SMILES string of the molecule is CC(=O)C(C)(C)S. The summed E-state index contributed by atoms with van der Waals surface area (Å²) in [5.74, 6) is 0.107. The van der Waals surface area contributed by atoms with E-state index in [2.05, 4.69) is 12.6 Å². The molecule has 0 atom stereocenters. The minimum atomic E-state index is -0.444. The third kappa shape index (κ3) is 2.68. The summed E-state index contributed by atoms with van der Waals surface area (Å²) in [7, 11) is 0. The van der Waals surface area contributed by atoms with Gasteiger partial charge in [-0.15, -0.1) is 0 Å². The second-order valence-electron chi connectivity index (χ2n) is 2.12. The highest BCUT2D eigenvalue weighted by Crippen LogP contribution is 2.11. The van der Waals surface area contributed by atoms with Crippen molar-refractivity contribution in [3.8, 4) is 0 Å². The molecule has 0 saturated carbocycles. The Morgan fingerprint density at radius 3 is 1.71 bits per heavy atom. The van der Waals surface area contributed by atoms with Crippen LogP contribution in [0, 0.1) is 0 Å². The van der Waals surface area contributed by atoms with Crippen molar-refractivity contribution in [3.05, 3.63) is 0 Å². The van der Waals surface area contributed by atoms with Gasteiger partial charge in [-0.05, 0) is 20.8 Å². The lowest BCUT2D eigenvalue weighted by molar-refractivity contribution is -0.118. The van der Waals surface area contributed by atoms with Gasteiger partial charge in [0, 0.05) is 0 Å². The summed E-state index contributed by atoms with van der Waals surface area (Å²) in [6.45, 7) is 5.09. The maximum atomic E-state index is 10.4. The van der Waals surface area contributed by atoms with Crippen LogP contribution in [-0.2, 0) is 4.79 Å². The predicted molar refractivity (Wildman–Crippen MR) is 33.7 cm³/mol. The zero-order valence-corrected chi connectivity index (χ0v) is 5.75. The molecule has 0 amide bonds. The molecule has 0 aliphatic heterocycles. The average molecular weight is 118 g/mol.